The van der Waals surface area contributed by atoms with Gasteiger partial charge in [-0.3, -0.25) is 0 Å². The fourth-order valence-corrected chi connectivity index (χ4v) is 19.1. The van der Waals surface area contributed by atoms with Gasteiger partial charge in [-0.1, -0.05) is 48.5 Å². The van der Waals surface area contributed by atoms with Crippen LogP contribution in [0.4, 0.5) is 41.9 Å². The minimum atomic E-state index is -2.82. The highest BCUT2D eigenvalue weighted by atomic mass is 28.4. The molecule has 7 aromatic rings. The Labute approximate surface area is 610 Å². The molecular weight excluding hydrogens is 1400 g/mol. The van der Waals surface area contributed by atoms with E-state index >= 15 is 0 Å². The molecule has 5 heterocycles. The van der Waals surface area contributed by atoms with E-state index in [1.54, 1.807) is 85.3 Å². The molecule has 0 unspecified atom stereocenters. The number of aromatic amines is 2. The monoisotopic (exact) mass is 1490 g/mol. The summed E-state index contributed by atoms with van der Waals surface area (Å²) in [7, 11) is 7.41. The largest absolute Gasteiger partial charge is 0.500 e. The number of fused-ring (bicyclic) bond motifs is 8. The summed E-state index contributed by atoms with van der Waals surface area (Å²) in [6, 6.07) is 38.8. The van der Waals surface area contributed by atoms with Crippen LogP contribution >= 0.6 is 0 Å². The van der Waals surface area contributed by atoms with Crippen molar-refractivity contribution in [3.8, 4) is 44.5 Å². The molecule has 10 N–H and O–H groups in total. The molecule has 0 atom stereocenters. The number of carbonyl (C=O) groups excluding carboxylic acids is 4. The number of amides is 8. The van der Waals surface area contributed by atoms with E-state index in [2.05, 4.69) is 52.5 Å². The van der Waals surface area contributed by atoms with E-state index < -0.39 is 35.2 Å². The van der Waals surface area contributed by atoms with Crippen LogP contribution in [0, 0.1) is 0 Å². The highest BCUT2D eigenvalue weighted by molar-refractivity contribution is 6.61. The number of nitrogens with zero attached hydrogens (tertiary/aromatic N) is 2. The lowest BCUT2D eigenvalue weighted by Crippen LogP contribution is -2.43. The summed E-state index contributed by atoms with van der Waals surface area (Å²) in [6.45, 7) is 1.44. The molecule has 8 amide bonds. The van der Waals surface area contributed by atoms with Crippen LogP contribution in [0.3, 0.4) is 0 Å². The smallest absolute Gasteiger partial charge is 0.377 e. The summed E-state index contributed by atoms with van der Waals surface area (Å²) >= 11 is 0. The van der Waals surface area contributed by atoms with Crippen LogP contribution in [0.1, 0.15) is 48.5 Å². The van der Waals surface area contributed by atoms with Crippen molar-refractivity contribution in [2.75, 3.05) is 133 Å². The van der Waals surface area contributed by atoms with Crippen molar-refractivity contribution in [3.05, 3.63) is 144 Å². The van der Waals surface area contributed by atoms with Crippen LogP contribution in [0.25, 0.3) is 90.9 Å². The van der Waals surface area contributed by atoms with Gasteiger partial charge in [-0.15, -0.1) is 0 Å². The predicted octanol–water partition coefficient (Wildman–Crippen LogP) is 12.9. The average molecular weight is 1500 g/mol. The van der Waals surface area contributed by atoms with Crippen LogP contribution in [0.2, 0.25) is 24.2 Å². The Morgan fingerprint density at radius 3 is 0.644 bits per heavy atom. The number of H-pyrrole nitrogens is 2. The maximum Gasteiger partial charge on any atom is 0.500 e. The lowest BCUT2D eigenvalue weighted by atomic mass is 10.0. The Kier molecular flexibility index (Phi) is 28.6. The van der Waals surface area contributed by atoms with Gasteiger partial charge in [-0.2, -0.15) is 0 Å². The Morgan fingerprint density at radius 1 is 0.288 bits per heavy atom. The predicted molar refractivity (Wildman–Crippen MR) is 414 cm³/mol. The van der Waals surface area contributed by atoms with E-state index in [1.165, 1.54) is 0 Å². The van der Waals surface area contributed by atoms with Crippen molar-refractivity contribution in [2.24, 2.45) is 0 Å². The maximum atomic E-state index is 13.3. The van der Waals surface area contributed by atoms with Crippen molar-refractivity contribution in [1.29, 1.82) is 0 Å². The van der Waals surface area contributed by atoms with Gasteiger partial charge in [0.1, 0.15) is 0 Å². The third-order valence-electron chi connectivity index (χ3n) is 18.0. The SMILES string of the molecule is CO[Si](CCCNC(=O)Nc1ccc(-c2c3nc(c(-c4ccc(NC(=O)NCCC[Si](OC)(OC)OC)cc4)c4ccc([nH]4)c(-c4ccc(NC(=O)NCCC[Si](OC)(OC)OC)cc4)c4nc(c(-c5ccc(NC(=O)NCCC[Si](OC)(OC)OC)cc5)c5ccc2[nH]5)C=C4)C=C3)cc1)(OC)OC. The fraction of sp³-hybridized carbons (Fsp3) is 0.333. The van der Waals surface area contributed by atoms with Crippen molar-refractivity contribution in [1.82, 2.24) is 41.2 Å². The van der Waals surface area contributed by atoms with E-state index in [0.29, 0.717) is 122 Å². The van der Waals surface area contributed by atoms with E-state index in [-0.39, 0.29) is 24.1 Å². The quantitative estimate of drug-likeness (QED) is 0.0129. The molecule has 0 spiro atoms. The topological polar surface area (TPSA) is 333 Å². The number of hydrogen-bond acceptors (Lipinski definition) is 18. The molecule has 32 heteroatoms. The second kappa shape index (κ2) is 37.6. The van der Waals surface area contributed by atoms with E-state index in [9.17, 15) is 19.2 Å². The minimum Gasteiger partial charge on any atom is -0.377 e. The summed E-state index contributed by atoms with van der Waals surface area (Å²) in [5.74, 6) is 0. The van der Waals surface area contributed by atoms with Crippen LogP contribution < -0.4 is 42.5 Å². The lowest BCUT2D eigenvalue weighted by Gasteiger charge is -2.24. The molecule has 3 aromatic heterocycles. The number of aromatic nitrogens is 4. The van der Waals surface area contributed by atoms with Crippen molar-refractivity contribution < 1.29 is 72.3 Å². The number of nitrogens with one attached hydrogen (secondary N) is 10. The van der Waals surface area contributed by atoms with Gasteiger partial charge in [0.15, 0.2) is 0 Å². The second-order valence-corrected chi connectivity index (χ2v) is 36.3. The van der Waals surface area contributed by atoms with Gasteiger partial charge < -0.3 is 106 Å². The molecular formula is C72H94N12O16Si4. The number of hydrogen-bond donors (Lipinski definition) is 10. The first-order chi connectivity index (χ1) is 50.4. The van der Waals surface area contributed by atoms with Crippen molar-refractivity contribution in [3.63, 3.8) is 0 Å². The molecule has 9 rings (SSSR count). The number of urea groups is 4. The van der Waals surface area contributed by atoms with Crippen LogP contribution in [0.5, 0.6) is 0 Å². The molecule has 4 aromatic carbocycles. The van der Waals surface area contributed by atoms with Gasteiger partial charge in [0.2, 0.25) is 0 Å². The van der Waals surface area contributed by atoms with E-state index in [1.807, 2.05) is 146 Å². The zero-order valence-electron chi connectivity index (χ0n) is 60.8. The average Bonchev–Trinajstić information content (AvgIpc) is 1.61. The van der Waals surface area contributed by atoms with Gasteiger partial charge >= 0.3 is 59.3 Å². The summed E-state index contributed by atoms with van der Waals surface area (Å²) in [5, 5.41) is 23.6. The molecule has 0 aliphatic carbocycles. The summed E-state index contributed by atoms with van der Waals surface area (Å²) in [5.41, 5.74) is 13.8. The number of carbonyl (C=O) groups is 4. The first-order valence-corrected chi connectivity index (χ1v) is 41.5. The molecule has 104 heavy (non-hydrogen) atoms. The molecule has 0 radical (unpaired) electrons. The molecule has 2 aliphatic heterocycles. The minimum absolute atomic E-state index is 0.360. The molecule has 554 valence electrons. The van der Waals surface area contributed by atoms with Gasteiger partial charge in [-0.05, 0) is 145 Å². The Balaban J connectivity index is 1.15. The molecule has 2 aliphatic rings. The standard InChI is InChI=1S/C72H94N12O16Si4/c1-89-101(90-2,91-3)45-13-41-73-69(85)77-53-25-17-49(18-26-53)65-57-33-35-59(81-57)66(50-19-27-54(28-20-50)78-70(86)74-42-14-46-102(92-4,93-5)94-6)61-37-39-63(83-61)68(52-23-31-56(32-24-52)80-72(88)76-44-16-48-104(98-10,99-11)100-12)64-40-38-62(84-64)67(60-36-34-58(65)82-60)51-21-29-55(30-22-51)79-71(87)75-43-15-47-103(95-7,96-8)97-9/h17-40,81,84H,13-16,41-48H2,1-12H3,(H2,73,77,85)(H2,74,78,86)(H2,75,79,87)(H2,76,80,88). The molecule has 8 bridgehead atoms. The van der Waals surface area contributed by atoms with Gasteiger partial charge in [0.05, 0.1) is 22.8 Å². The maximum absolute atomic E-state index is 13.3. The van der Waals surface area contributed by atoms with E-state index in [4.69, 9.17) is 63.1 Å². The number of anilines is 4. The fourth-order valence-electron chi connectivity index (χ4n) is 12.3. The second-order valence-electron chi connectivity index (χ2n) is 23.9. The molecule has 0 saturated carbocycles. The zero-order chi connectivity index (χ0) is 74.3. The third-order valence-corrected chi connectivity index (χ3v) is 29.3. The van der Waals surface area contributed by atoms with Gasteiger partial charge in [0, 0.05) is 203 Å². The van der Waals surface area contributed by atoms with Crippen LogP contribution in [-0.4, -0.2) is 191 Å². The Hall–Kier alpha value is -9.05. The Bertz CT molecular complexity index is 3720. The highest BCUT2D eigenvalue weighted by Crippen LogP contribution is 2.40. The first kappa shape index (κ1) is 79.1. The van der Waals surface area contributed by atoms with Crippen LogP contribution in [-0.2, 0) is 53.1 Å². The normalized spacial score (nSPS) is 12.3. The highest BCUT2D eigenvalue weighted by Gasteiger charge is 2.40. The van der Waals surface area contributed by atoms with Crippen molar-refractivity contribution >= 4 is 128 Å². The third kappa shape index (κ3) is 19.9. The molecule has 28 nitrogen and oxygen atoms in total. The summed E-state index contributed by atoms with van der Waals surface area (Å²) in [4.78, 5) is 71.8. The lowest BCUT2D eigenvalue weighted by molar-refractivity contribution is 0.122. The first-order valence-electron chi connectivity index (χ1n) is 33.8. The summed E-state index contributed by atoms with van der Waals surface area (Å²) in [6.07, 6.45) is 10.2. The van der Waals surface area contributed by atoms with E-state index in [0.717, 1.165) is 66.6 Å². The number of rotatable bonds is 36. The number of benzene rings is 4. The van der Waals surface area contributed by atoms with Crippen LogP contribution in [0.15, 0.2) is 121 Å². The molecule has 0 fully saturated rings. The zero-order valence-corrected chi connectivity index (χ0v) is 64.8. The molecule has 0 saturated heterocycles. The van der Waals surface area contributed by atoms with Gasteiger partial charge in [-0.25, -0.2) is 29.1 Å². The van der Waals surface area contributed by atoms with Crippen molar-refractivity contribution in [2.45, 2.75) is 49.9 Å². The summed E-state index contributed by atoms with van der Waals surface area (Å²) < 4.78 is 66.7. The Morgan fingerprint density at radius 2 is 0.471 bits per heavy atom. The van der Waals surface area contributed by atoms with Gasteiger partial charge in [0.25, 0.3) is 0 Å².